The van der Waals surface area contributed by atoms with Crippen molar-refractivity contribution in [1.29, 1.82) is 0 Å². The number of nitrogens with one attached hydrogen (secondary N) is 2. The Hall–Kier alpha value is -1.57. The molecule has 0 spiro atoms. The summed E-state index contributed by atoms with van der Waals surface area (Å²) in [6.45, 7) is 10.3. The number of carbonyl (C=O) groups excluding carboxylic acids is 2. The lowest BCUT2D eigenvalue weighted by Crippen LogP contribution is -2.51. The number of hydrogen-bond acceptors (Lipinski definition) is 5. The maximum Gasteiger partial charge on any atom is 0.242 e. The number of aliphatic hydroxyl groups excluding tert-OH is 2. The van der Waals surface area contributed by atoms with E-state index in [-0.39, 0.29) is 34.9 Å². The third kappa shape index (κ3) is 11.2. The molecular formula is C27H44N2O4S. The Labute approximate surface area is 209 Å². The second-order valence-electron chi connectivity index (χ2n) is 11.1. The van der Waals surface area contributed by atoms with Crippen molar-refractivity contribution in [3.05, 3.63) is 35.9 Å². The van der Waals surface area contributed by atoms with E-state index in [2.05, 4.69) is 31.4 Å². The summed E-state index contributed by atoms with van der Waals surface area (Å²) < 4.78 is 0.0347. The molecule has 34 heavy (non-hydrogen) atoms. The van der Waals surface area contributed by atoms with Gasteiger partial charge in [-0.3, -0.25) is 9.59 Å². The molecule has 1 aromatic rings. The zero-order valence-corrected chi connectivity index (χ0v) is 22.2. The molecule has 0 aliphatic heterocycles. The molecule has 4 atom stereocenters. The number of rotatable bonds is 14. The fourth-order valence-corrected chi connectivity index (χ4v) is 4.76. The van der Waals surface area contributed by atoms with Crippen molar-refractivity contribution in [3.63, 3.8) is 0 Å². The van der Waals surface area contributed by atoms with Crippen LogP contribution in [0.2, 0.25) is 0 Å². The highest BCUT2D eigenvalue weighted by Gasteiger charge is 2.33. The van der Waals surface area contributed by atoms with Gasteiger partial charge < -0.3 is 20.8 Å². The van der Waals surface area contributed by atoms with Gasteiger partial charge in [0, 0.05) is 17.0 Å². The van der Waals surface area contributed by atoms with E-state index in [0.717, 1.165) is 18.4 Å². The molecule has 1 fully saturated rings. The van der Waals surface area contributed by atoms with Crippen LogP contribution in [0.25, 0.3) is 0 Å². The molecule has 1 aromatic carbocycles. The Kier molecular flexibility index (Phi) is 11.4. The van der Waals surface area contributed by atoms with Crippen molar-refractivity contribution >= 4 is 23.6 Å². The van der Waals surface area contributed by atoms with Crippen molar-refractivity contribution in [2.75, 3.05) is 12.3 Å². The number of hydrogen-bond donors (Lipinski definition) is 4. The van der Waals surface area contributed by atoms with Crippen LogP contribution in [0.5, 0.6) is 0 Å². The Balaban J connectivity index is 2.02. The van der Waals surface area contributed by atoms with E-state index < -0.39 is 18.2 Å². The first-order chi connectivity index (χ1) is 15.9. The molecule has 0 heterocycles. The quantitative estimate of drug-likeness (QED) is 0.318. The first kappa shape index (κ1) is 28.7. The smallest absolute Gasteiger partial charge is 0.242 e. The number of benzene rings is 1. The normalized spacial score (nSPS) is 17.6. The van der Waals surface area contributed by atoms with Crippen LogP contribution in [0.1, 0.15) is 65.9 Å². The van der Waals surface area contributed by atoms with Gasteiger partial charge in [0.15, 0.2) is 0 Å². The fourth-order valence-electron chi connectivity index (χ4n) is 3.79. The summed E-state index contributed by atoms with van der Waals surface area (Å²) in [5.74, 6) is 0.709. The van der Waals surface area contributed by atoms with Gasteiger partial charge in [-0.1, -0.05) is 77.8 Å². The highest BCUT2D eigenvalue weighted by atomic mass is 32.2. The molecule has 0 bridgehead atoms. The van der Waals surface area contributed by atoms with Crippen molar-refractivity contribution in [2.45, 2.75) is 89.7 Å². The van der Waals surface area contributed by atoms with Crippen LogP contribution in [0.3, 0.4) is 0 Å². The maximum absolute atomic E-state index is 13.4. The molecule has 2 amide bonds. The van der Waals surface area contributed by atoms with E-state index in [4.69, 9.17) is 0 Å². The predicted molar refractivity (Wildman–Crippen MR) is 140 cm³/mol. The lowest BCUT2D eigenvalue weighted by molar-refractivity contribution is -0.131. The summed E-state index contributed by atoms with van der Waals surface area (Å²) in [6.07, 6.45) is 1.91. The number of aliphatic hydroxyl groups is 2. The van der Waals surface area contributed by atoms with Crippen LogP contribution in [-0.2, 0) is 16.0 Å². The lowest BCUT2D eigenvalue weighted by Gasteiger charge is -2.26. The van der Waals surface area contributed by atoms with E-state index in [0.29, 0.717) is 30.9 Å². The van der Waals surface area contributed by atoms with Gasteiger partial charge in [0.25, 0.3) is 0 Å². The highest BCUT2D eigenvalue weighted by Crippen LogP contribution is 2.34. The van der Waals surface area contributed by atoms with Crippen LogP contribution in [0.15, 0.2) is 30.3 Å². The van der Waals surface area contributed by atoms with E-state index in [1.165, 1.54) is 0 Å². The molecular weight excluding hydrogens is 448 g/mol. The van der Waals surface area contributed by atoms with Gasteiger partial charge >= 0.3 is 0 Å². The highest BCUT2D eigenvalue weighted by molar-refractivity contribution is 8.00. The van der Waals surface area contributed by atoms with E-state index in [9.17, 15) is 19.8 Å². The third-order valence-electron chi connectivity index (χ3n) is 5.95. The van der Waals surface area contributed by atoms with Gasteiger partial charge in [-0.05, 0) is 36.7 Å². The molecule has 2 rings (SSSR count). The van der Waals surface area contributed by atoms with Crippen molar-refractivity contribution in [1.82, 2.24) is 10.6 Å². The molecule has 4 N–H and O–H groups in total. The van der Waals surface area contributed by atoms with Crippen LogP contribution in [0, 0.1) is 17.8 Å². The Morgan fingerprint density at radius 2 is 1.71 bits per heavy atom. The molecule has 2 unspecified atom stereocenters. The van der Waals surface area contributed by atoms with E-state index in [1.54, 1.807) is 11.8 Å². The van der Waals surface area contributed by atoms with Crippen molar-refractivity contribution in [3.8, 4) is 0 Å². The summed E-state index contributed by atoms with van der Waals surface area (Å²) in [5, 5.41) is 26.1. The maximum atomic E-state index is 13.4. The first-order valence-corrected chi connectivity index (χ1v) is 13.5. The first-order valence-electron chi connectivity index (χ1n) is 12.6. The van der Waals surface area contributed by atoms with Gasteiger partial charge in [-0.25, -0.2) is 0 Å². The topological polar surface area (TPSA) is 98.7 Å². The summed E-state index contributed by atoms with van der Waals surface area (Å²) in [6, 6.07) is 9.34. The van der Waals surface area contributed by atoms with Gasteiger partial charge in [0.2, 0.25) is 11.8 Å². The molecule has 1 saturated carbocycles. The molecule has 192 valence electrons. The Morgan fingerprint density at radius 1 is 1.06 bits per heavy atom. The largest absolute Gasteiger partial charge is 0.390 e. The lowest BCUT2D eigenvalue weighted by atomic mass is 9.99. The average molecular weight is 493 g/mol. The second-order valence-corrected chi connectivity index (χ2v) is 12.9. The second kappa shape index (κ2) is 13.5. The molecule has 0 radical (unpaired) electrons. The van der Waals surface area contributed by atoms with Gasteiger partial charge in [0.1, 0.15) is 6.04 Å². The summed E-state index contributed by atoms with van der Waals surface area (Å²) in [5.41, 5.74) is 1.10. The molecule has 1 aliphatic rings. The standard InChI is InChI=1S/C27H44N2O4S/c1-18(2)13-23(30)24(31)16-28-26(33)22(15-20-11-12-20)29-25(32)21(17-34-27(3,4)5)14-19-9-7-6-8-10-19/h6-10,18,20-24,30-31H,11-17H2,1-5H3,(H,28,33)(H,29,32)/t21?,22?,23-,24+/m0/s1. The van der Waals surface area contributed by atoms with E-state index >= 15 is 0 Å². The Bertz CT molecular complexity index is 762. The summed E-state index contributed by atoms with van der Waals surface area (Å²) >= 11 is 1.75. The fraction of sp³-hybridized carbons (Fsp3) is 0.704. The minimum Gasteiger partial charge on any atom is -0.390 e. The minimum absolute atomic E-state index is 0.0307. The summed E-state index contributed by atoms with van der Waals surface area (Å²) in [4.78, 5) is 26.3. The van der Waals surface area contributed by atoms with Gasteiger partial charge in [-0.15, -0.1) is 0 Å². The third-order valence-corrected chi connectivity index (χ3v) is 7.39. The van der Waals surface area contributed by atoms with Crippen LogP contribution < -0.4 is 10.6 Å². The molecule has 1 aliphatic carbocycles. The SMILES string of the molecule is CC(C)C[C@H](O)[C@H](O)CNC(=O)C(CC1CC1)NC(=O)C(CSC(C)(C)C)Cc1ccccc1. The molecule has 0 saturated heterocycles. The van der Waals surface area contributed by atoms with Crippen LogP contribution in [0.4, 0.5) is 0 Å². The molecule has 6 nitrogen and oxygen atoms in total. The Morgan fingerprint density at radius 3 is 2.26 bits per heavy atom. The molecule has 0 aromatic heterocycles. The van der Waals surface area contributed by atoms with Crippen LogP contribution in [-0.4, -0.2) is 57.3 Å². The predicted octanol–water partition coefficient (Wildman–Crippen LogP) is 3.55. The summed E-state index contributed by atoms with van der Waals surface area (Å²) in [7, 11) is 0. The van der Waals surface area contributed by atoms with Gasteiger partial charge in [0.05, 0.1) is 18.1 Å². The molecule has 7 heteroatoms. The number of amides is 2. The van der Waals surface area contributed by atoms with E-state index in [1.807, 2.05) is 44.2 Å². The van der Waals surface area contributed by atoms with Crippen molar-refractivity contribution in [2.24, 2.45) is 17.8 Å². The zero-order valence-electron chi connectivity index (χ0n) is 21.4. The number of thioether (sulfide) groups is 1. The monoisotopic (exact) mass is 492 g/mol. The average Bonchev–Trinajstić information content (AvgIpc) is 3.57. The minimum atomic E-state index is -1.03. The van der Waals surface area contributed by atoms with Crippen LogP contribution >= 0.6 is 11.8 Å². The zero-order chi connectivity index (χ0) is 25.3. The van der Waals surface area contributed by atoms with Gasteiger partial charge in [-0.2, -0.15) is 11.8 Å². The van der Waals surface area contributed by atoms with Crippen molar-refractivity contribution < 1.29 is 19.8 Å². The number of carbonyl (C=O) groups is 2.